The van der Waals surface area contributed by atoms with Crippen LogP contribution >= 0.6 is 0 Å². The highest BCUT2D eigenvalue weighted by atomic mass is 16.5. The summed E-state index contributed by atoms with van der Waals surface area (Å²) in [5.74, 6) is 1.58. The number of methoxy groups -OCH3 is 3. The highest BCUT2D eigenvalue weighted by Crippen LogP contribution is 2.40. The number of ether oxygens (including phenoxy) is 3. The van der Waals surface area contributed by atoms with Gasteiger partial charge in [0, 0.05) is 78.5 Å². The molecular weight excluding hydrogens is 945 g/mol. The third-order valence-electron chi connectivity index (χ3n) is 13.5. The van der Waals surface area contributed by atoms with Crippen LogP contribution in [0.3, 0.4) is 0 Å². The van der Waals surface area contributed by atoms with E-state index in [1.165, 1.54) is 45.2 Å². The molecule has 0 bridgehead atoms. The summed E-state index contributed by atoms with van der Waals surface area (Å²) in [4.78, 5) is 83.1. The minimum absolute atomic E-state index is 0.0510. The fourth-order valence-corrected chi connectivity index (χ4v) is 9.21. The van der Waals surface area contributed by atoms with Gasteiger partial charge in [-0.05, 0) is 50.5 Å². The number of hydrogen-bond donors (Lipinski definition) is 2. The van der Waals surface area contributed by atoms with Crippen LogP contribution in [-0.2, 0) is 57.3 Å². The molecule has 0 radical (unpaired) electrons. The fraction of sp³-hybridized carbons (Fsp3) is 0.564. The Kier molecular flexibility index (Phi) is 23.8. The lowest BCUT2D eigenvalue weighted by molar-refractivity contribution is -0.121. The van der Waals surface area contributed by atoms with E-state index >= 15 is 0 Å². The molecule has 0 aliphatic carbocycles. The Labute approximate surface area is 433 Å². The Morgan fingerprint density at radius 2 is 0.959 bits per heavy atom. The van der Waals surface area contributed by atoms with Gasteiger partial charge in [-0.3, -0.25) is 37.4 Å². The first-order valence-corrected chi connectivity index (χ1v) is 26.4. The molecule has 2 N–H and O–H groups in total. The molecule has 0 fully saturated rings. The zero-order chi connectivity index (χ0) is 53.4. The maximum Gasteiger partial charge on any atom is 0.332 e. The van der Waals surface area contributed by atoms with Gasteiger partial charge in [-0.25, -0.2) is 19.6 Å². The first-order valence-electron chi connectivity index (χ1n) is 26.4. The summed E-state index contributed by atoms with van der Waals surface area (Å²) in [6, 6.07) is 13.9. The van der Waals surface area contributed by atoms with Gasteiger partial charge in [0.25, 0.3) is 11.1 Å². The van der Waals surface area contributed by atoms with Crippen molar-refractivity contribution in [2.45, 2.75) is 148 Å². The maximum atomic E-state index is 12.7. The zero-order valence-corrected chi connectivity index (χ0v) is 44.9. The topological polar surface area (TPSA) is 210 Å². The van der Waals surface area contributed by atoms with E-state index in [2.05, 4.69) is 44.9 Å². The Bertz CT molecular complexity index is 2940. The van der Waals surface area contributed by atoms with Crippen molar-refractivity contribution in [3.8, 4) is 17.2 Å². The second-order valence-corrected chi connectivity index (χ2v) is 19.1. The number of carbonyl (C=O) groups excluding carboxylic acids is 2. The second kappa shape index (κ2) is 30.3. The van der Waals surface area contributed by atoms with Crippen molar-refractivity contribution < 1.29 is 23.8 Å². The van der Waals surface area contributed by atoms with Gasteiger partial charge in [0.15, 0.2) is 33.8 Å². The van der Waals surface area contributed by atoms with Gasteiger partial charge in [-0.1, -0.05) is 107 Å². The molecule has 4 heterocycles. The SMILES string of the molecule is COc1cc(NC(=O)CCCCCCCCCCn2c(=O)c3c(ncn3C)n(C)c2=O)cc(OC)c1OC.Cn1cnc2c1c(=O)n(CCCCCCCCCCC(=O)NCCCCc1ccccc1)c(=O)n2C. The number of rotatable bonds is 31. The van der Waals surface area contributed by atoms with Crippen LogP contribution < -0.4 is 47.3 Å². The minimum Gasteiger partial charge on any atom is -0.493 e. The van der Waals surface area contributed by atoms with Crippen LogP contribution in [-0.4, -0.2) is 77.1 Å². The van der Waals surface area contributed by atoms with Gasteiger partial charge in [0.05, 0.1) is 34.0 Å². The summed E-state index contributed by atoms with van der Waals surface area (Å²) in [7, 11) is 11.4. The van der Waals surface area contributed by atoms with E-state index in [4.69, 9.17) is 14.2 Å². The molecule has 0 aliphatic heterocycles. The molecule has 0 saturated heterocycles. The van der Waals surface area contributed by atoms with Crippen LogP contribution in [0.4, 0.5) is 5.69 Å². The first-order chi connectivity index (χ1) is 35.8. The average Bonchev–Trinajstić information content (AvgIpc) is 4.00. The molecule has 6 aromatic rings. The minimum atomic E-state index is -0.324. The highest BCUT2D eigenvalue weighted by Gasteiger charge is 2.17. The van der Waals surface area contributed by atoms with Gasteiger partial charge < -0.3 is 34.0 Å². The number of amides is 2. The van der Waals surface area contributed by atoms with Crippen LogP contribution in [0.5, 0.6) is 17.2 Å². The summed E-state index contributed by atoms with van der Waals surface area (Å²) in [5, 5.41) is 5.94. The van der Waals surface area contributed by atoms with E-state index in [-0.39, 0.29) is 34.3 Å². The first kappa shape index (κ1) is 58.0. The van der Waals surface area contributed by atoms with Gasteiger partial charge in [0.2, 0.25) is 17.6 Å². The Morgan fingerprint density at radius 1 is 0.527 bits per heavy atom. The number of aromatic nitrogens is 8. The van der Waals surface area contributed by atoms with Gasteiger partial charge >= 0.3 is 11.4 Å². The van der Waals surface area contributed by atoms with Gasteiger partial charge in [-0.15, -0.1) is 0 Å². The van der Waals surface area contributed by atoms with E-state index < -0.39 is 0 Å². The molecule has 0 aliphatic rings. The molecule has 19 heteroatoms. The molecule has 19 nitrogen and oxygen atoms in total. The summed E-state index contributed by atoms with van der Waals surface area (Å²) in [6.07, 6.45) is 23.5. The lowest BCUT2D eigenvalue weighted by Crippen LogP contribution is -2.39. The fourth-order valence-electron chi connectivity index (χ4n) is 9.21. The van der Waals surface area contributed by atoms with Crippen LogP contribution in [0, 0.1) is 0 Å². The molecule has 404 valence electrons. The molecule has 0 atom stereocenters. The number of aryl methyl sites for hydroxylation is 5. The number of carbonyl (C=O) groups is 2. The number of benzene rings is 2. The Balaban J connectivity index is 0.000000274. The predicted molar refractivity (Wildman–Crippen MR) is 291 cm³/mol. The van der Waals surface area contributed by atoms with Crippen molar-refractivity contribution in [3.63, 3.8) is 0 Å². The largest absolute Gasteiger partial charge is 0.493 e. The normalized spacial score (nSPS) is 11.2. The summed E-state index contributed by atoms with van der Waals surface area (Å²) < 4.78 is 24.8. The number of nitrogens with one attached hydrogen (secondary N) is 2. The van der Waals surface area contributed by atoms with Crippen LogP contribution in [0.2, 0.25) is 0 Å². The summed E-state index contributed by atoms with van der Waals surface area (Å²) in [5.41, 5.74) is 2.55. The Morgan fingerprint density at radius 3 is 1.41 bits per heavy atom. The monoisotopic (exact) mass is 1020 g/mol. The maximum absolute atomic E-state index is 12.7. The smallest absolute Gasteiger partial charge is 0.332 e. The van der Waals surface area contributed by atoms with Crippen molar-refractivity contribution >= 4 is 39.8 Å². The van der Waals surface area contributed by atoms with E-state index in [1.54, 1.807) is 62.1 Å². The molecule has 2 aromatic carbocycles. The molecule has 74 heavy (non-hydrogen) atoms. The van der Waals surface area contributed by atoms with E-state index in [9.17, 15) is 28.8 Å². The lowest BCUT2D eigenvalue weighted by Gasteiger charge is -2.14. The van der Waals surface area contributed by atoms with Crippen LogP contribution in [0.25, 0.3) is 22.3 Å². The summed E-state index contributed by atoms with van der Waals surface area (Å²) >= 11 is 0. The van der Waals surface area contributed by atoms with Crippen LogP contribution in [0.1, 0.15) is 134 Å². The lowest BCUT2D eigenvalue weighted by atomic mass is 10.1. The molecule has 2 amide bonds. The summed E-state index contributed by atoms with van der Waals surface area (Å²) in [6.45, 7) is 1.61. The molecule has 0 saturated carbocycles. The van der Waals surface area contributed by atoms with Gasteiger partial charge in [0.1, 0.15) is 0 Å². The average molecular weight is 1030 g/mol. The number of hydrogen-bond acceptors (Lipinski definition) is 11. The molecule has 0 unspecified atom stereocenters. The second-order valence-electron chi connectivity index (χ2n) is 19.1. The number of imidazole rings is 2. The quantitative estimate of drug-likeness (QED) is 0.0403. The van der Waals surface area contributed by atoms with Crippen molar-refractivity contribution in [2.24, 2.45) is 28.2 Å². The standard InChI is InChI=1S/C28H41N5O3.C27H39N5O6/c1-31-22-30-26-25(31)27(35)33(28(36)32(26)2)21-15-8-6-4-3-5-7-12-19-24(34)29-20-14-13-18-23-16-10-9-11-17-23;1-30-18-28-25-23(30)26(34)32(27(35)31(25)2)15-13-11-9-7-6-8-10-12-14-22(33)29-19-16-20(36-3)24(38-5)21(17-19)37-4/h9-11,16-17,22H,3-8,12-15,18-21H2,1-2H3,(H,29,34);16-18H,6-15H2,1-5H3,(H,29,33). The molecule has 4 aromatic heterocycles. The molecular formula is C55H80N10O9. The highest BCUT2D eigenvalue weighted by molar-refractivity contribution is 5.91. The Hall–Kier alpha value is -6.92. The van der Waals surface area contributed by atoms with Crippen molar-refractivity contribution in [1.29, 1.82) is 0 Å². The number of fused-ring (bicyclic) bond motifs is 2. The van der Waals surface area contributed by atoms with Crippen LogP contribution in [0.15, 0.2) is 74.3 Å². The number of unbranched alkanes of at least 4 members (excludes halogenated alkanes) is 15. The van der Waals surface area contributed by atoms with Crippen molar-refractivity contribution in [2.75, 3.05) is 33.2 Å². The number of nitrogens with zero attached hydrogens (tertiary/aromatic N) is 8. The third kappa shape index (κ3) is 16.5. The van der Waals surface area contributed by atoms with E-state index in [0.717, 1.165) is 129 Å². The van der Waals surface area contributed by atoms with Gasteiger partial charge in [-0.2, -0.15) is 0 Å². The zero-order valence-electron chi connectivity index (χ0n) is 44.9. The third-order valence-corrected chi connectivity index (χ3v) is 13.5. The molecule has 6 rings (SSSR count). The van der Waals surface area contributed by atoms with E-state index in [0.29, 0.717) is 71.2 Å². The van der Waals surface area contributed by atoms with Crippen molar-refractivity contribution in [1.82, 2.24) is 42.7 Å². The van der Waals surface area contributed by atoms with E-state index in [1.807, 2.05) is 6.07 Å². The van der Waals surface area contributed by atoms with Crippen molar-refractivity contribution in [3.05, 3.63) is 102 Å². The number of anilines is 1. The predicted octanol–water partition coefficient (Wildman–Crippen LogP) is 7.69. The molecule has 0 spiro atoms.